The van der Waals surface area contributed by atoms with Crippen LogP contribution in [0.15, 0.2) is 60.7 Å². The van der Waals surface area contributed by atoms with Crippen LogP contribution in [-0.4, -0.2) is 69.2 Å². The Bertz CT molecular complexity index is 1310. The van der Waals surface area contributed by atoms with Gasteiger partial charge in [-0.1, -0.05) is 43.4 Å². The number of benzene rings is 2. The van der Waals surface area contributed by atoms with Crippen LogP contribution in [0.4, 0.5) is 0 Å². The Hall–Kier alpha value is -3.70. The van der Waals surface area contributed by atoms with Gasteiger partial charge in [0.2, 0.25) is 0 Å². The molecule has 2 aromatic rings. The normalized spacial score (nSPS) is 25.9. The SMILES string of the molecule is COCOc1cc(OCCN)cc2c1C(=O)O[C@@H](C)[C@H](C)/C=C\C(OC(=O)c1ccccc1)[C@H]1OC(C)(C)O[C@H]1CC=C2. The molecular formula is C33H41NO9. The lowest BCUT2D eigenvalue weighted by atomic mass is 9.98. The molecule has 4 rings (SSSR count). The first-order valence-corrected chi connectivity index (χ1v) is 14.4. The molecule has 2 aliphatic heterocycles. The summed E-state index contributed by atoms with van der Waals surface area (Å²) in [5.41, 5.74) is 6.84. The van der Waals surface area contributed by atoms with Gasteiger partial charge in [-0.25, -0.2) is 9.59 Å². The smallest absolute Gasteiger partial charge is 0.342 e. The van der Waals surface area contributed by atoms with Crippen LogP contribution in [0.3, 0.4) is 0 Å². The summed E-state index contributed by atoms with van der Waals surface area (Å²) < 4.78 is 41.1. The first-order chi connectivity index (χ1) is 20.6. The highest BCUT2D eigenvalue weighted by atomic mass is 16.8. The van der Waals surface area contributed by atoms with Gasteiger partial charge in [-0.3, -0.25) is 0 Å². The van der Waals surface area contributed by atoms with Crippen LogP contribution in [0.25, 0.3) is 6.08 Å². The molecule has 1 fully saturated rings. The monoisotopic (exact) mass is 595 g/mol. The van der Waals surface area contributed by atoms with Crippen molar-refractivity contribution in [2.75, 3.05) is 27.1 Å². The number of rotatable bonds is 8. The van der Waals surface area contributed by atoms with Crippen LogP contribution in [0, 0.1) is 5.92 Å². The highest BCUT2D eigenvalue weighted by Gasteiger charge is 2.45. The maximum absolute atomic E-state index is 13.6. The molecule has 10 nitrogen and oxygen atoms in total. The van der Waals surface area contributed by atoms with Gasteiger partial charge < -0.3 is 38.9 Å². The van der Waals surface area contributed by atoms with Crippen molar-refractivity contribution >= 4 is 18.0 Å². The van der Waals surface area contributed by atoms with Crippen molar-refractivity contribution in [2.24, 2.45) is 11.7 Å². The fourth-order valence-corrected chi connectivity index (χ4v) is 4.87. The number of ether oxygens (including phenoxy) is 7. The van der Waals surface area contributed by atoms with Gasteiger partial charge in [0.25, 0.3) is 0 Å². The second-order valence-corrected chi connectivity index (χ2v) is 10.9. The van der Waals surface area contributed by atoms with Crippen molar-refractivity contribution in [1.82, 2.24) is 0 Å². The Labute approximate surface area is 252 Å². The van der Waals surface area contributed by atoms with E-state index in [9.17, 15) is 9.59 Å². The predicted molar refractivity (Wildman–Crippen MR) is 160 cm³/mol. The summed E-state index contributed by atoms with van der Waals surface area (Å²) in [5.74, 6) is -1.46. The molecule has 232 valence electrons. The molecule has 10 heteroatoms. The van der Waals surface area contributed by atoms with E-state index in [1.807, 2.05) is 39.0 Å². The van der Waals surface area contributed by atoms with Gasteiger partial charge >= 0.3 is 11.9 Å². The number of carbonyl (C=O) groups excluding carboxylic acids is 2. The van der Waals surface area contributed by atoms with E-state index < -0.39 is 42.1 Å². The maximum atomic E-state index is 13.6. The first kappa shape index (κ1) is 32.2. The predicted octanol–water partition coefficient (Wildman–Crippen LogP) is 4.91. The van der Waals surface area contributed by atoms with Crippen LogP contribution < -0.4 is 15.2 Å². The topological polar surface area (TPSA) is 125 Å². The standard InChI is InChI=1S/C33H41NO9/c1-21-14-15-26(41-31(35)23-10-7-6-8-11-23)30-27(42-33(3,4)43-30)13-9-12-24-18-25(38-17-16-34)19-28(39-20-37-5)29(24)32(36)40-22(21)2/h6-12,14-15,18-19,21-22,26-27,30H,13,16-17,20,34H2,1-5H3/b12-9?,15-14-/t21-,22+,26?,27+,30-/m1/s1. The van der Waals surface area contributed by atoms with Gasteiger partial charge in [-0.05, 0) is 57.0 Å². The summed E-state index contributed by atoms with van der Waals surface area (Å²) in [6, 6.07) is 12.1. The molecule has 0 radical (unpaired) electrons. The lowest BCUT2D eigenvalue weighted by molar-refractivity contribution is -0.152. The van der Waals surface area contributed by atoms with Gasteiger partial charge in [-0.15, -0.1) is 0 Å². The van der Waals surface area contributed by atoms with Gasteiger partial charge in [0.05, 0.1) is 11.7 Å². The van der Waals surface area contributed by atoms with Crippen LogP contribution in [-0.2, 0) is 23.7 Å². The number of hydrogen-bond acceptors (Lipinski definition) is 10. The fraction of sp³-hybridized carbons (Fsp3) is 0.455. The summed E-state index contributed by atoms with van der Waals surface area (Å²) in [4.78, 5) is 26.7. The van der Waals surface area contributed by atoms with Crippen molar-refractivity contribution in [3.05, 3.63) is 77.4 Å². The summed E-state index contributed by atoms with van der Waals surface area (Å²) in [6.45, 7) is 7.88. The number of hydrogen-bond donors (Lipinski definition) is 1. The van der Waals surface area contributed by atoms with Crippen molar-refractivity contribution < 1.29 is 42.7 Å². The molecule has 0 amide bonds. The van der Waals surface area contributed by atoms with Crippen molar-refractivity contribution in [2.45, 2.75) is 64.3 Å². The van der Waals surface area contributed by atoms with Crippen molar-refractivity contribution in [1.29, 1.82) is 0 Å². The van der Waals surface area contributed by atoms with E-state index in [1.54, 1.807) is 55.5 Å². The van der Waals surface area contributed by atoms with E-state index in [-0.39, 0.29) is 30.6 Å². The number of nitrogens with two attached hydrogens (primary N) is 1. The Morgan fingerprint density at radius 1 is 1.07 bits per heavy atom. The highest BCUT2D eigenvalue weighted by Crippen LogP contribution is 2.36. The van der Waals surface area contributed by atoms with Crippen LogP contribution in [0.1, 0.15) is 60.4 Å². The molecule has 0 aliphatic carbocycles. The number of fused-ring (bicyclic) bond motifs is 2. The fourth-order valence-electron chi connectivity index (χ4n) is 4.87. The molecule has 43 heavy (non-hydrogen) atoms. The quantitative estimate of drug-likeness (QED) is 0.256. The lowest BCUT2D eigenvalue weighted by Crippen LogP contribution is -2.37. The number of esters is 2. The average molecular weight is 596 g/mol. The molecule has 0 aromatic heterocycles. The second kappa shape index (κ2) is 14.7. The maximum Gasteiger partial charge on any atom is 0.342 e. The minimum atomic E-state index is -0.914. The van der Waals surface area contributed by atoms with E-state index >= 15 is 0 Å². The molecule has 5 atom stereocenters. The molecule has 2 N–H and O–H groups in total. The highest BCUT2D eigenvalue weighted by molar-refractivity contribution is 5.97. The molecule has 0 spiro atoms. The van der Waals surface area contributed by atoms with Gasteiger partial charge in [0.1, 0.15) is 42.0 Å². The van der Waals surface area contributed by atoms with E-state index in [0.29, 0.717) is 29.8 Å². The zero-order chi connectivity index (χ0) is 31.0. The number of cyclic esters (lactones) is 1. The summed E-state index contributed by atoms with van der Waals surface area (Å²) in [6.07, 6.45) is 5.34. The van der Waals surface area contributed by atoms with Gasteiger partial charge in [0.15, 0.2) is 12.6 Å². The zero-order valence-electron chi connectivity index (χ0n) is 25.3. The van der Waals surface area contributed by atoms with Gasteiger partial charge in [0, 0.05) is 25.6 Å². The lowest BCUT2D eigenvalue weighted by Gasteiger charge is -2.25. The zero-order valence-corrected chi connectivity index (χ0v) is 25.3. The van der Waals surface area contributed by atoms with Crippen molar-refractivity contribution in [3.8, 4) is 11.5 Å². The van der Waals surface area contributed by atoms with Crippen LogP contribution >= 0.6 is 0 Å². The number of methoxy groups -OCH3 is 1. The molecule has 1 unspecified atom stereocenters. The Kier molecular flexibility index (Phi) is 11.0. The third kappa shape index (κ3) is 8.45. The number of carbonyl (C=O) groups is 2. The van der Waals surface area contributed by atoms with E-state index in [4.69, 9.17) is 38.9 Å². The minimum Gasteiger partial charge on any atom is -0.492 e. The average Bonchev–Trinajstić information content (AvgIpc) is 3.30. The summed E-state index contributed by atoms with van der Waals surface area (Å²) >= 11 is 0. The van der Waals surface area contributed by atoms with Crippen LogP contribution in [0.5, 0.6) is 11.5 Å². The molecule has 2 aromatic carbocycles. The Morgan fingerprint density at radius 3 is 2.56 bits per heavy atom. The van der Waals surface area contributed by atoms with Crippen LogP contribution in [0.2, 0.25) is 0 Å². The third-order valence-electron chi connectivity index (χ3n) is 7.13. The Balaban J connectivity index is 1.74. The minimum absolute atomic E-state index is 0.0778. The molecule has 0 bridgehead atoms. The molecular weight excluding hydrogens is 554 g/mol. The second-order valence-electron chi connectivity index (χ2n) is 10.9. The largest absolute Gasteiger partial charge is 0.492 e. The molecule has 2 aliphatic rings. The molecule has 0 saturated carbocycles. The summed E-state index contributed by atoms with van der Waals surface area (Å²) in [7, 11) is 1.49. The molecule has 2 heterocycles. The van der Waals surface area contributed by atoms with E-state index in [0.717, 1.165) is 0 Å². The molecule has 1 saturated heterocycles. The van der Waals surface area contributed by atoms with Crippen molar-refractivity contribution in [3.63, 3.8) is 0 Å². The first-order valence-electron chi connectivity index (χ1n) is 14.4. The van der Waals surface area contributed by atoms with E-state index in [2.05, 4.69) is 0 Å². The van der Waals surface area contributed by atoms with Gasteiger partial charge in [-0.2, -0.15) is 0 Å². The summed E-state index contributed by atoms with van der Waals surface area (Å²) in [5, 5.41) is 0. The van der Waals surface area contributed by atoms with E-state index in [1.165, 1.54) is 7.11 Å². The Morgan fingerprint density at radius 2 is 1.84 bits per heavy atom. The third-order valence-corrected chi connectivity index (χ3v) is 7.13.